The number of hydrogen-bond donors (Lipinski definition) is 2. The van der Waals surface area contributed by atoms with Crippen molar-refractivity contribution >= 4 is 5.97 Å². The van der Waals surface area contributed by atoms with Crippen molar-refractivity contribution in [3.8, 4) is 17.6 Å². The fourth-order valence-corrected chi connectivity index (χ4v) is 1.39. The average Bonchev–Trinajstić information content (AvgIpc) is 2.16. The fraction of sp³-hybridized carbons (Fsp3) is 0.250. The van der Waals surface area contributed by atoms with Gasteiger partial charge in [0.15, 0.2) is 0 Å². The highest BCUT2D eigenvalue weighted by Crippen LogP contribution is 2.24. The first-order valence-corrected chi connectivity index (χ1v) is 4.67. The van der Waals surface area contributed by atoms with Gasteiger partial charge in [0.05, 0.1) is 12.3 Å². The first-order valence-electron chi connectivity index (χ1n) is 4.67. The number of benzene rings is 1. The number of phenolic OH excluding ortho intramolecular Hbond substituents is 1. The summed E-state index contributed by atoms with van der Waals surface area (Å²) in [6, 6.07) is 3.61. The minimum Gasteiger partial charge on any atom is -0.508 e. The number of halogens is 1. The van der Waals surface area contributed by atoms with E-state index in [4.69, 9.17) is 10.2 Å². The average molecular weight is 222 g/mol. The van der Waals surface area contributed by atoms with Gasteiger partial charge in [-0.2, -0.15) is 0 Å². The minimum absolute atomic E-state index is 0.189. The van der Waals surface area contributed by atoms with E-state index in [9.17, 15) is 9.18 Å². The van der Waals surface area contributed by atoms with E-state index < -0.39 is 17.7 Å². The molecule has 1 unspecified atom stereocenters. The highest BCUT2D eigenvalue weighted by Gasteiger charge is 2.17. The van der Waals surface area contributed by atoms with Gasteiger partial charge in [0.25, 0.3) is 0 Å². The molecule has 1 aromatic rings. The number of phenols is 1. The van der Waals surface area contributed by atoms with Crippen molar-refractivity contribution in [2.24, 2.45) is 0 Å². The van der Waals surface area contributed by atoms with Crippen LogP contribution in [0.5, 0.6) is 5.75 Å². The number of hydrogen-bond acceptors (Lipinski definition) is 2. The van der Waals surface area contributed by atoms with E-state index >= 15 is 0 Å². The molecule has 0 radical (unpaired) electrons. The van der Waals surface area contributed by atoms with Crippen LogP contribution in [0.4, 0.5) is 4.39 Å². The molecular formula is C12H11FO3. The van der Waals surface area contributed by atoms with E-state index in [1.807, 2.05) is 0 Å². The van der Waals surface area contributed by atoms with Crippen LogP contribution in [0.25, 0.3) is 0 Å². The van der Waals surface area contributed by atoms with Gasteiger partial charge >= 0.3 is 5.97 Å². The molecule has 1 atom stereocenters. The van der Waals surface area contributed by atoms with E-state index in [2.05, 4.69) is 11.8 Å². The molecule has 16 heavy (non-hydrogen) atoms. The van der Waals surface area contributed by atoms with Crippen LogP contribution < -0.4 is 0 Å². The molecule has 1 aromatic carbocycles. The Bertz CT molecular complexity index is 457. The van der Waals surface area contributed by atoms with Crippen molar-refractivity contribution in [2.75, 3.05) is 0 Å². The van der Waals surface area contributed by atoms with Crippen molar-refractivity contribution < 1.29 is 19.4 Å². The highest BCUT2D eigenvalue weighted by atomic mass is 19.1. The van der Waals surface area contributed by atoms with Gasteiger partial charge < -0.3 is 10.2 Å². The zero-order valence-corrected chi connectivity index (χ0v) is 8.70. The minimum atomic E-state index is -1.04. The third kappa shape index (κ3) is 2.99. The molecule has 0 spiro atoms. The summed E-state index contributed by atoms with van der Waals surface area (Å²) >= 11 is 0. The van der Waals surface area contributed by atoms with Crippen LogP contribution in [0.1, 0.15) is 24.8 Å². The maximum atomic E-state index is 13.5. The largest absolute Gasteiger partial charge is 0.508 e. The summed E-state index contributed by atoms with van der Waals surface area (Å²) in [6.45, 7) is 1.56. The Kier molecular flexibility index (Phi) is 3.90. The lowest BCUT2D eigenvalue weighted by Crippen LogP contribution is -2.06. The van der Waals surface area contributed by atoms with Gasteiger partial charge in [0.1, 0.15) is 11.6 Å². The molecular weight excluding hydrogens is 211 g/mol. The summed E-state index contributed by atoms with van der Waals surface area (Å²) in [7, 11) is 0. The van der Waals surface area contributed by atoms with Crippen LogP contribution >= 0.6 is 0 Å². The van der Waals surface area contributed by atoms with Crippen LogP contribution in [0.15, 0.2) is 18.2 Å². The van der Waals surface area contributed by atoms with Crippen LogP contribution in [-0.4, -0.2) is 16.2 Å². The lowest BCUT2D eigenvalue weighted by Gasteiger charge is -2.09. The van der Waals surface area contributed by atoms with E-state index in [0.717, 1.165) is 6.07 Å². The maximum Gasteiger partial charge on any atom is 0.304 e. The van der Waals surface area contributed by atoms with E-state index in [1.54, 1.807) is 6.92 Å². The monoisotopic (exact) mass is 222 g/mol. The number of carboxylic acid groups (broad SMARTS) is 1. The molecule has 4 heteroatoms. The van der Waals surface area contributed by atoms with Crippen molar-refractivity contribution in [3.63, 3.8) is 0 Å². The molecule has 0 aliphatic rings. The molecule has 0 heterocycles. The number of rotatable bonds is 3. The third-order valence-electron chi connectivity index (χ3n) is 2.06. The zero-order valence-electron chi connectivity index (χ0n) is 8.70. The summed E-state index contributed by atoms with van der Waals surface area (Å²) in [6.07, 6.45) is -0.261. The molecule has 0 aromatic heterocycles. The second-order valence-electron chi connectivity index (χ2n) is 3.25. The van der Waals surface area contributed by atoms with Gasteiger partial charge in [-0.15, -0.1) is 5.92 Å². The van der Waals surface area contributed by atoms with E-state index in [-0.39, 0.29) is 17.7 Å². The molecule has 84 valence electrons. The Labute approximate surface area is 92.5 Å². The second kappa shape index (κ2) is 5.17. The lowest BCUT2D eigenvalue weighted by molar-refractivity contribution is -0.137. The number of carboxylic acids is 1. The number of aliphatic carboxylic acids is 1. The van der Waals surface area contributed by atoms with Crippen molar-refractivity contribution in [1.82, 2.24) is 0 Å². The quantitative estimate of drug-likeness (QED) is 0.770. The van der Waals surface area contributed by atoms with Gasteiger partial charge in [-0.1, -0.05) is 12.0 Å². The number of carbonyl (C=O) groups is 1. The molecule has 0 fully saturated rings. The smallest absolute Gasteiger partial charge is 0.304 e. The highest BCUT2D eigenvalue weighted by molar-refractivity contribution is 5.69. The lowest BCUT2D eigenvalue weighted by atomic mass is 9.95. The first-order chi connectivity index (χ1) is 7.54. The summed E-state index contributed by atoms with van der Waals surface area (Å²) in [5.41, 5.74) is 0.189. The molecule has 0 saturated heterocycles. The summed E-state index contributed by atoms with van der Waals surface area (Å²) in [5.74, 6) is 2.64. The number of aromatic hydroxyl groups is 1. The Balaban J connectivity index is 3.08. The Morgan fingerprint density at radius 1 is 1.56 bits per heavy atom. The Morgan fingerprint density at radius 2 is 2.25 bits per heavy atom. The molecule has 1 rings (SSSR count). The Morgan fingerprint density at radius 3 is 2.75 bits per heavy atom. The molecule has 0 saturated carbocycles. The van der Waals surface area contributed by atoms with E-state index in [1.165, 1.54) is 12.1 Å². The van der Waals surface area contributed by atoms with Gasteiger partial charge in [-0.05, 0) is 13.0 Å². The molecule has 0 bridgehead atoms. The van der Waals surface area contributed by atoms with Crippen LogP contribution in [0.2, 0.25) is 0 Å². The molecule has 0 aliphatic heterocycles. The standard InChI is InChI=1S/C12H11FO3/c1-2-3-8(6-12(15)16)10-5-4-9(14)7-11(10)13/h4-5,7-8,14H,6H2,1H3,(H,15,16). The van der Waals surface area contributed by atoms with Gasteiger partial charge in [-0.3, -0.25) is 4.79 Å². The van der Waals surface area contributed by atoms with Gasteiger partial charge in [0.2, 0.25) is 0 Å². The van der Waals surface area contributed by atoms with Crippen LogP contribution in [0, 0.1) is 17.7 Å². The molecule has 0 aliphatic carbocycles. The predicted octanol–water partition coefficient (Wildman–Crippen LogP) is 2.11. The molecule has 2 N–H and O–H groups in total. The second-order valence-corrected chi connectivity index (χ2v) is 3.25. The van der Waals surface area contributed by atoms with Crippen molar-refractivity contribution in [1.29, 1.82) is 0 Å². The van der Waals surface area contributed by atoms with Crippen LogP contribution in [-0.2, 0) is 4.79 Å². The van der Waals surface area contributed by atoms with Gasteiger partial charge in [-0.25, -0.2) is 4.39 Å². The topological polar surface area (TPSA) is 57.5 Å². The predicted molar refractivity (Wildman–Crippen MR) is 56.5 cm³/mol. The zero-order chi connectivity index (χ0) is 12.1. The Hall–Kier alpha value is -2.02. The normalized spacial score (nSPS) is 11.4. The first kappa shape index (κ1) is 12.1. The fourth-order valence-electron chi connectivity index (χ4n) is 1.39. The van der Waals surface area contributed by atoms with Crippen molar-refractivity contribution in [2.45, 2.75) is 19.3 Å². The van der Waals surface area contributed by atoms with Crippen molar-refractivity contribution in [3.05, 3.63) is 29.6 Å². The summed E-state index contributed by atoms with van der Waals surface area (Å²) in [4.78, 5) is 10.6. The molecule has 3 nitrogen and oxygen atoms in total. The summed E-state index contributed by atoms with van der Waals surface area (Å²) in [5, 5.41) is 17.7. The SMILES string of the molecule is CC#CC(CC(=O)O)c1ccc(O)cc1F. The maximum absolute atomic E-state index is 13.5. The van der Waals surface area contributed by atoms with Gasteiger partial charge in [0, 0.05) is 11.6 Å². The third-order valence-corrected chi connectivity index (χ3v) is 2.06. The van der Waals surface area contributed by atoms with Crippen LogP contribution in [0.3, 0.4) is 0 Å². The van der Waals surface area contributed by atoms with E-state index in [0.29, 0.717) is 0 Å². The molecule has 0 amide bonds. The summed E-state index contributed by atoms with van der Waals surface area (Å²) < 4.78 is 13.5.